The predicted octanol–water partition coefficient (Wildman–Crippen LogP) is 4.90. The van der Waals surface area contributed by atoms with Crippen LogP contribution in [0.3, 0.4) is 0 Å². The van der Waals surface area contributed by atoms with E-state index in [-0.39, 0.29) is 5.91 Å². The van der Waals surface area contributed by atoms with Gasteiger partial charge in [-0.25, -0.2) is 0 Å². The molecule has 29 heavy (non-hydrogen) atoms. The lowest BCUT2D eigenvalue weighted by atomic mass is 10.1. The van der Waals surface area contributed by atoms with Gasteiger partial charge in [0.15, 0.2) is 0 Å². The van der Waals surface area contributed by atoms with Gasteiger partial charge in [-0.1, -0.05) is 38.1 Å². The Kier molecular flexibility index (Phi) is 6.60. The normalized spacial score (nSPS) is 11.3. The third kappa shape index (κ3) is 5.64. The van der Waals surface area contributed by atoms with E-state index in [4.69, 9.17) is 0 Å². The molecule has 0 aliphatic rings. The zero-order valence-electron chi connectivity index (χ0n) is 17.5. The van der Waals surface area contributed by atoms with Gasteiger partial charge < -0.3 is 5.32 Å². The number of aryl methyl sites for hydroxylation is 1. The number of hydrogen-bond donors (Lipinski definition) is 1. The van der Waals surface area contributed by atoms with Crippen molar-refractivity contribution in [2.24, 2.45) is 5.92 Å². The van der Waals surface area contributed by atoms with Crippen LogP contribution in [0.5, 0.6) is 0 Å². The van der Waals surface area contributed by atoms with Crippen molar-refractivity contribution in [1.82, 2.24) is 14.8 Å². The Hall–Kier alpha value is -3.21. The highest BCUT2D eigenvalue weighted by Crippen LogP contribution is 2.18. The second-order valence-electron chi connectivity index (χ2n) is 7.66. The standard InChI is InChI=1S/C24H28N4O/c1-17(2)16-28-19(4)23(18(3)27-28)15-24(29)26-22-10-7-8-20(14-22)11-12-21-9-5-6-13-25-21/h5-14,17H,15-16H2,1-4H3,(H,26,29)/b12-11-. The minimum absolute atomic E-state index is 0.0360. The van der Waals surface area contributed by atoms with E-state index < -0.39 is 0 Å². The van der Waals surface area contributed by atoms with Crippen LogP contribution in [0.4, 0.5) is 5.69 Å². The zero-order valence-corrected chi connectivity index (χ0v) is 17.5. The first-order valence-electron chi connectivity index (χ1n) is 9.94. The summed E-state index contributed by atoms with van der Waals surface area (Å²) in [5.74, 6) is 0.475. The molecular weight excluding hydrogens is 360 g/mol. The maximum atomic E-state index is 12.6. The molecule has 0 radical (unpaired) electrons. The van der Waals surface area contributed by atoms with Crippen molar-refractivity contribution in [3.05, 3.63) is 76.9 Å². The lowest BCUT2D eigenvalue weighted by Crippen LogP contribution is -2.15. The average Bonchev–Trinajstić information content (AvgIpc) is 2.94. The number of carbonyl (C=O) groups excluding carboxylic acids is 1. The largest absolute Gasteiger partial charge is 0.326 e. The summed E-state index contributed by atoms with van der Waals surface area (Å²) >= 11 is 0. The predicted molar refractivity (Wildman–Crippen MR) is 118 cm³/mol. The van der Waals surface area contributed by atoms with Crippen LogP contribution in [0.1, 0.15) is 42.1 Å². The summed E-state index contributed by atoms with van der Waals surface area (Å²) in [4.78, 5) is 16.9. The third-order valence-electron chi connectivity index (χ3n) is 4.71. The first kappa shape index (κ1) is 20.5. The number of nitrogens with one attached hydrogen (secondary N) is 1. The number of carbonyl (C=O) groups is 1. The van der Waals surface area contributed by atoms with Crippen molar-refractivity contribution in [1.29, 1.82) is 0 Å². The molecule has 2 heterocycles. The molecule has 1 N–H and O–H groups in total. The van der Waals surface area contributed by atoms with Crippen LogP contribution >= 0.6 is 0 Å². The van der Waals surface area contributed by atoms with E-state index in [9.17, 15) is 4.79 Å². The van der Waals surface area contributed by atoms with Gasteiger partial charge in [0.25, 0.3) is 0 Å². The molecule has 3 rings (SSSR count). The second kappa shape index (κ2) is 9.32. The Balaban J connectivity index is 1.67. The Labute approximate surface area is 172 Å². The number of nitrogens with zero attached hydrogens (tertiary/aromatic N) is 3. The van der Waals surface area contributed by atoms with Crippen LogP contribution in [0, 0.1) is 19.8 Å². The van der Waals surface area contributed by atoms with Gasteiger partial charge in [0, 0.05) is 29.7 Å². The molecule has 3 aromatic rings. The van der Waals surface area contributed by atoms with Crippen LogP contribution in [-0.4, -0.2) is 20.7 Å². The number of pyridine rings is 1. The van der Waals surface area contributed by atoms with Gasteiger partial charge in [0.05, 0.1) is 17.8 Å². The van der Waals surface area contributed by atoms with E-state index >= 15 is 0 Å². The summed E-state index contributed by atoms with van der Waals surface area (Å²) in [7, 11) is 0. The molecular formula is C24H28N4O. The van der Waals surface area contributed by atoms with Gasteiger partial charge in [-0.15, -0.1) is 0 Å². The Morgan fingerprint density at radius 2 is 1.97 bits per heavy atom. The van der Waals surface area contributed by atoms with Gasteiger partial charge in [-0.3, -0.25) is 14.5 Å². The minimum atomic E-state index is -0.0360. The molecule has 0 aliphatic heterocycles. The number of anilines is 1. The third-order valence-corrected chi connectivity index (χ3v) is 4.71. The van der Waals surface area contributed by atoms with E-state index in [0.29, 0.717) is 12.3 Å². The summed E-state index contributed by atoms with van der Waals surface area (Å²) in [5.41, 5.74) is 5.68. The monoisotopic (exact) mass is 388 g/mol. The molecule has 0 saturated heterocycles. The maximum Gasteiger partial charge on any atom is 0.228 e. The van der Waals surface area contributed by atoms with Crippen LogP contribution < -0.4 is 5.32 Å². The smallest absolute Gasteiger partial charge is 0.228 e. The number of benzene rings is 1. The Bertz CT molecular complexity index is 1000. The Morgan fingerprint density at radius 3 is 2.69 bits per heavy atom. The van der Waals surface area contributed by atoms with Crippen LogP contribution in [-0.2, 0) is 17.8 Å². The summed E-state index contributed by atoms with van der Waals surface area (Å²) in [6.07, 6.45) is 6.03. The molecule has 1 aromatic carbocycles. The number of hydrogen-bond acceptors (Lipinski definition) is 3. The van der Waals surface area contributed by atoms with E-state index in [1.807, 2.05) is 73.1 Å². The van der Waals surface area contributed by atoms with Crippen molar-refractivity contribution >= 4 is 23.7 Å². The first-order valence-corrected chi connectivity index (χ1v) is 9.94. The molecule has 0 fully saturated rings. The van der Waals surface area contributed by atoms with Crippen molar-refractivity contribution in [3.8, 4) is 0 Å². The van der Waals surface area contributed by atoms with E-state index in [0.717, 1.165) is 40.4 Å². The number of aromatic nitrogens is 3. The number of rotatable bonds is 7. The second-order valence-corrected chi connectivity index (χ2v) is 7.66. The highest BCUT2D eigenvalue weighted by molar-refractivity contribution is 5.93. The fraction of sp³-hybridized carbons (Fsp3) is 0.292. The van der Waals surface area contributed by atoms with Gasteiger partial charge in [-0.2, -0.15) is 5.10 Å². The fourth-order valence-electron chi connectivity index (χ4n) is 3.26. The van der Waals surface area contributed by atoms with Gasteiger partial charge in [-0.05, 0) is 55.7 Å². The molecule has 0 bridgehead atoms. The quantitative estimate of drug-likeness (QED) is 0.626. The van der Waals surface area contributed by atoms with Crippen LogP contribution in [0.2, 0.25) is 0 Å². The van der Waals surface area contributed by atoms with Gasteiger partial charge in [0.1, 0.15) is 0 Å². The lowest BCUT2D eigenvalue weighted by molar-refractivity contribution is -0.115. The minimum Gasteiger partial charge on any atom is -0.326 e. The SMILES string of the molecule is Cc1nn(CC(C)C)c(C)c1CC(=O)Nc1cccc(/C=C\c2ccccn2)c1. The highest BCUT2D eigenvalue weighted by atomic mass is 16.1. The lowest BCUT2D eigenvalue weighted by Gasteiger charge is -2.09. The molecule has 2 aromatic heterocycles. The molecule has 0 saturated carbocycles. The molecule has 0 spiro atoms. The molecule has 0 unspecified atom stereocenters. The van der Waals surface area contributed by atoms with Gasteiger partial charge >= 0.3 is 0 Å². The van der Waals surface area contributed by atoms with E-state index in [1.165, 1.54) is 0 Å². The van der Waals surface area contributed by atoms with Gasteiger partial charge in [0.2, 0.25) is 5.91 Å². The summed E-state index contributed by atoms with van der Waals surface area (Å²) in [6.45, 7) is 9.19. The molecule has 5 nitrogen and oxygen atoms in total. The summed E-state index contributed by atoms with van der Waals surface area (Å²) in [5, 5.41) is 7.61. The highest BCUT2D eigenvalue weighted by Gasteiger charge is 2.15. The Morgan fingerprint density at radius 1 is 1.14 bits per heavy atom. The molecule has 0 atom stereocenters. The maximum absolute atomic E-state index is 12.6. The topological polar surface area (TPSA) is 59.8 Å². The van der Waals surface area contributed by atoms with Crippen LogP contribution in [0.15, 0.2) is 48.7 Å². The fourth-order valence-corrected chi connectivity index (χ4v) is 3.26. The van der Waals surface area contributed by atoms with Crippen molar-refractivity contribution in [2.45, 2.75) is 40.7 Å². The zero-order chi connectivity index (χ0) is 20.8. The molecule has 1 amide bonds. The van der Waals surface area contributed by atoms with Crippen LogP contribution in [0.25, 0.3) is 12.2 Å². The van der Waals surface area contributed by atoms with Crippen molar-refractivity contribution in [3.63, 3.8) is 0 Å². The van der Waals surface area contributed by atoms with Crippen molar-refractivity contribution in [2.75, 3.05) is 5.32 Å². The summed E-state index contributed by atoms with van der Waals surface area (Å²) in [6, 6.07) is 13.6. The average molecular weight is 389 g/mol. The van der Waals surface area contributed by atoms with E-state index in [2.05, 4.69) is 29.2 Å². The summed E-state index contributed by atoms with van der Waals surface area (Å²) < 4.78 is 2.01. The molecule has 0 aliphatic carbocycles. The first-order chi connectivity index (χ1) is 13.9. The van der Waals surface area contributed by atoms with E-state index in [1.54, 1.807) is 6.20 Å². The molecule has 5 heteroatoms. The number of amides is 1. The van der Waals surface area contributed by atoms with Crippen molar-refractivity contribution < 1.29 is 4.79 Å². The molecule has 150 valence electrons.